The van der Waals surface area contributed by atoms with Crippen molar-refractivity contribution in [2.24, 2.45) is 23.7 Å². The molecule has 0 spiro atoms. The van der Waals surface area contributed by atoms with Gasteiger partial charge in [-0.25, -0.2) is 4.39 Å². The van der Waals surface area contributed by atoms with Crippen LogP contribution >= 0.6 is 0 Å². The van der Waals surface area contributed by atoms with E-state index < -0.39 is 107 Å². The minimum atomic E-state index is -5.99. The van der Waals surface area contributed by atoms with E-state index in [0.29, 0.717) is 12.8 Å². The number of fused-ring (bicyclic) bond motifs is 1. The van der Waals surface area contributed by atoms with Gasteiger partial charge in [0.15, 0.2) is 6.17 Å². The molecule has 15 heteroatoms. The van der Waals surface area contributed by atoms with Gasteiger partial charge in [-0.3, -0.25) is 23.7 Å². The zero-order valence-corrected chi connectivity index (χ0v) is 22.0. The van der Waals surface area contributed by atoms with Crippen molar-refractivity contribution in [3.8, 4) is 0 Å². The Morgan fingerprint density at radius 2 is 1.79 bits per heavy atom. The first-order chi connectivity index (χ1) is 18.2. The van der Waals surface area contributed by atoms with Crippen molar-refractivity contribution in [3.05, 3.63) is 0 Å². The van der Waals surface area contributed by atoms with E-state index in [2.05, 4.69) is 4.74 Å². The Bertz CT molecular complexity index is 1100. The predicted octanol–water partition coefficient (Wildman–Crippen LogP) is 2.50. The first-order valence-corrected chi connectivity index (χ1v) is 14.4. The molecule has 0 aromatic rings. The molecule has 1 aliphatic heterocycles. The van der Waals surface area contributed by atoms with Crippen LogP contribution < -0.4 is 0 Å². The maximum absolute atomic E-state index is 13.5. The van der Waals surface area contributed by atoms with E-state index in [1.807, 2.05) is 6.92 Å². The molecule has 1 N–H and O–H groups in total. The molecule has 3 aliphatic carbocycles. The lowest BCUT2D eigenvalue weighted by Gasteiger charge is -2.34. The summed E-state index contributed by atoms with van der Waals surface area (Å²) in [5.74, 6) is -5.17. The summed E-state index contributed by atoms with van der Waals surface area (Å²) >= 11 is 0. The maximum atomic E-state index is 13.5. The molecule has 0 radical (unpaired) electrons. The quantitative estimate of drug-likeness (QED) is 0.204. The van der Waals surface area contributed by atoms with Crippen molar-refractivity contribution >= 4 is 34.0 Å². The third kappa shape index (κ3) is 5.61. The van der Waals surface area contributed by atoms with E-state index in [0.717, 1.165) is 25.7 Å². The Balaban J connectivity index is 1.28. The molecule has 0 aromatic carbocycles. The van der Waals surface area contributed by atoms with Gasteiger partial charge in [0.25, 0.3) is 0 Å². The Labute approximate surface area is 222 Å². The number of rotatable bonds is 12. The number of carbonyl (C=O) groups is 4. The van der Waals surface area contributed by atoms with Gasteiger partial charge in [0.05, 0.1) is 31.3 Å². The summed E-state index contributed by atoms with van der Waals surface area (Å²) in [6, 6.07) is 0. The van der Waals surface area contributed by atoms with Crippen LogP contribution in [0.3, 0.4) is 0 Å². The Morgan fingerprint density at radius 3 is 2.41 bits per heavy atom. The van der Waals surface area contributed by atoms with Crippen LogP contribution in [-0.2, 0) is 48.2 Å². The van der Waals surface area contributed by atoms with Crippen LogP contribution in [0.2, 0.25) is 0 Å². The van der Waals surface area contributed by atoms with Crippen LogP contribution in [0.5, 0.6) is 0 Å². The molecule has 0 aromatic heterocycles. The fourth-order valence-corrected chi connectivity index (χ4v) is 6.83. The second-order valence-electron chi connectivity index (χ2n) is 10.6. The first kappa shape index (κ1) is 29.6. The van der Waals surface area contributed by atoms with Crippen LogP contribution in [0.1, 0.15) is 64.7 Å². The second kappa shape index (κ2) is 10.9. The van der Waals surface area contributed by atoms with Crippen molar-refractivity contribution in [3.63, 3.8) is 0 Å². The Morgan fingerprint density at radius 1 is 1.15 bits per heavy atom. The lowest BCUT2D eigenvalue weighted by Crippen LogP contribution is -2.45. The zero-order valence-electron chi connectivity index (χ0n) is 21.2. The van der Waals surface area contributed by atoms with Gasteiger partial charge in [-0.2, -0.15) is 17.2 Å². The highest BCUT2D eigenvalue weighted by Crippen LogP contribution is 2.59. The summed E-state index contributed by atoms with van der Waals surface area (Å²) in [7, 11) is -5.99. The summed E-state index contributed by atoms with van der Waals surface area (Å²) < 4.78 is 90.8. The van der Waals surface area contributed by atoms with Crippen LogP contribution in [-0.4, -0.2) is 72.7 Å². The number of ether oxygens (including phenoxy) is 4. The highest BCUT2D eigenvalue weighted by molar-refractivity contribution is 7.86. The van der Waals surface area contributed by atoms with E-state index in [1.54, 1.807) is 0 Å². The van der Waals surface area contributed by atoms with Gasteiger partial charge in [-0.15, -0.1) is 0 Å². The van der Waals surface area contributed by atoms with Gasteiger partial charge < -0.3 is 18.9 Å². The number of hydrogen-bond donors (Lipinski definition) is 1. The smallest absolute Gasteiger partial charge is 0.400 e. The molecular weight excluding hydrogens is 553 g/mol. The summed E-state index contributed by atoms with van der Waals surface area (Å²) in [5, 5.41) is -5.06. The van der Waals surface area contributed by atoms with Crippen LogP contribution in [0.25, 0.3) is 0 Å². The van der Waals surface area contributed by atoms with Gasteiger partial charge in [-0.1, -0.05) is 6.92 Å². The minimum Gasteiger partial charge on any atom is -0.466 e. The van der Waals surface area contributed by atoms with Crippen molar-refractivity contribution in [2.45, 2.75) is 93.9 Å². The van der Waals surface area contributed by atoms with E-state index in [-0.39, 0.29) is 5.92 Å². The van der Waals surface area contributed by atoms with E-state index in [4.69, 9.17) is 18.8 Å². The third-order valence-electron chi connectivity index (χ3n) is 8.44. The van der Waals surface area contributed by atoms with Gasteiger partial charge in [0.1, 0.15) is 17.8 Å². The molecule has 2 bridgehead atoms. The molecule has 39 heavy (non-hydrogen) atoms. The monoisotopic (exact) mass is 584 g/mol. The minimum absolute atomic E-state index is 0.293. The van der Waals surface area contributed by atoms with Crippen molar-refractivity contribution in [1.82, 2.24) is 0 Å². The number of alkyl halides is 3. The van der Waals surface area contributed by atoms with Gasteiger partial charge in [0.2, 0.25) is 0 Å². The standard InChI is InChI=1S/C24H31F3O11S/c1-2-23(8-3-4-9-23)38-22(31)18-13-11-12-17(18)21(30)37-20(12)19(13)36-16(29)6-5-15(28)35-10-7-14(25)24(26,27)39(32,33)34/h12-14,17-20H,2-11H2,1H3,(H,32,33,34). The lowest BCUT2D eigenvalue weighted by atomic mass is 9.78. The fraction of sp³-hybridized carbons (Fsp3) is 0.833. The molecule has 1 heterocycles. The van der Waals surface area contributed by atoms with Crippen molar-refractivity contribution in [2.75, 3.05) is 6.61 Å². The van der Waals surface area contributed by atoms with Gasteiger partial charge in [0, 0.05) is 18.3 Å². The van der Waals surface area contributed by atoms with E-state index in [1.165, 1.54) is 0 Å². The van der Waals surface area contributed by atoms with Gasteiger partial charge >= 0.3 is 39.2 Å². The summed E-state index contributed by atoms with van der Waals surface area (Å²) in [5.41, 5.74) is -0.558. The largest absolute Gasteiger partial charge is 0.466 e. The molecule has 3 saturated carbocycles. The predicted molar refractivity (Wildman–Crippen MR) is 122 cm³/mol. The average Bonchev–Trinajstić information content (AvgIpc) is 3.60. The molecule has 1 saturated heterocycles. The Hall–Kier alpha value is -2.42. The molecule has 7 atom stereocenters. The zero-order chi connectivity index (χ0) is 28.8. The Kier molecular flexibility index (Phi) is 8.23. The summed E-state index contributed by atoms with van der Waals surface area (Å²) in [6.45, 7) is 1.02. The molecule has 0 amide bonds. The molecule has 220 valence electrons. The van der Waals surface area contributed by atoms with Crippen molar-refractivity contribution in [1.29, 1.82) is 0 Å². The number of esters is 4. The highest BCUT2D eigenvalue weighted by atomic mass is 32.2. The van der Waals surface area contributed by atoms with E-state index >= 15 is 0 Å². The number of halogens is 3. The summed E-state index contributed by atoms with van der Waals surface area (Å²) in [6.07, 6.45) is -2.69. The third-order valence-corrected chi connectivity index (χ3v) is 9.38. The van der Waals surface area contributed by atoms with Crippen LogP contribution in [0, 0.1) is 23.7 Å². The number of carbonyl (C=O) groups excluding carboxylic acids is 4. The van der Waals surface area contributed by atoms with Crippen LogP contribution in [0.15, 0.2) is 0 Å². The van der Waals surface area contributed by atoms with Crippen molar-refractivity contribution < 1.29 is 64.3 Å². The number of hydrogen-bond acceptors (Lipinski definition) is 10. The first-order valence-electron chi connectivity index (χ1n) is 13.0. The molecular formula is C24H31F3O11S. The molecule has 11 nitrogen and oxygen atoms in total. The highest BCUT2D eigenvalue weighted by Gasteiger charge is 2.70. The normalized spacial score (nSPS) is 31.6. The molecule has 7 unspecified atom stereocenters. The second-order valence-corrected chi connectivity index (χ2v) is 12.1. The topological polar surface area (TPSA) is 160 Å². The lowest BCUT2D eigenvalue weighted by molar-refractivity contribution is -0.175. The van der Waals surface area contributed by atoms with Crippen LogP contribution in [0.4, 0.5) is 13.2 Å². The molecule has 4 fully saturated rings. The van der Waals surface area contributed by atoms with E-state index in [9.17, 15) is 40.8 Å². The maximum Gasteiger partial charge on any atom is 0.400 e. The fourth-order valence-electron chi connectivity index (χ4n) is 6.39. The molecule has 4 rings (SSSR count). The average molecular weight is 585 g/mol. The SMILES string of the molecule is CCC1(OC(=O)C2C3CC4C(OC(=O)C42)C3OC(=O)CCC(=O)OCCC(F)C(F)(F)S(=O)(=O)O)CCCC1. The van der Waals surface area contributed by atoms with Gasteiger partial charge in [-0.05, 0) is 38.5 Å². The summed E-state index contributed by atoms with van der Waals surface area (Å²) in [4.78, 5) is 50.1. The molecule has 4 aliphatic rings.